The molecule has 0 heterocycles. The van der Waals surface area contributed by atoms with Crippen LogP contribution in [0.3, 0.4) is 0 Å². The van der Waals surface area contributed by atoms with Gasteiger partial charge in [0.05, 0.1) is 7.11 Å². The van der Waals surface area contributed by atoms with Crippen molar-refractivity contribution in [3.8, 4) is 22.3 Å². The molecule has 170 valence electrons. The molecule has 5 heteroatoms. The van der Waals surface area contributed by atoms with E-state index in [-0.39, 0.29) is 23.1 Å². The third-order valence-electron chi connectivity index (χ3n) is 5.42. The van der Waals surface area contributed by atoms with Gasteiger partial charge < -0.3 is 4.74 Å². The van der Waals surface area contributed by atoms with E-state index >= 15 is 0 Å². The molecule has 0 aliphatic rings. The summed E-state index contributed by atoms with van der Waals surface area (Å²) in [6.07, 6.45) is 0.562. The van der Waals surface area contributed by atoms with Crippen molar-refractivity contribution in [3.63, 3.8) is 0 Å². The Morgan fingerprint density at radius 2 is 1.24 bits per heavy atom. The predicted molar refractivity (Wildman–Crippen MR) is 125 cm³/mol. The fourth-order valence-corrected chi connectivity index (χ4v) is 3.35. The lowest BCUT2D eigenvalue weighted by atomic mass is 9.97. The Kier molecular flexibility index (Phi) is 7.54. The highest BCUT2D eigenvalue weighted by atomic mass is 19.2. The Bertz CT molecular complexity index is 1210. The van der Waals surface area contributed by atoms with Gasteiger partial charge >= 0.3 is 0 Å². The molecule has 0 saturated carbocycles. The summed E-state index contributed by atoms with van der Waals surface area (Å²) in [4.78, 5) is 0. The molecule has 3 aromatic rings. The largest absolute Gasteiger partial charge is 0.494 e. The number of aryl methyl sites for hydroxylation is 2. The molecule has 3 rings (SSSR count). The van der Waals surface area contributed by atoms with Crippen LogP contribution in [0.15, 0.2) is 96.8 Å². The van der Waals surface area contributed by atoms with Gasteiger partial charge in [0.2, 0.25) is 0 Å². The first-order chi connectivity index (χ1) is 15.7. The molecule has 1 nitrogen and oxygen atoms in total. The molecule has 0 radical (unpaired) electrons. The van der Waals surface area contributed by atoms with Gasteiger partial charge in [-0.25, -0.2) is 13.2 Å². The number of ether oxygens (including phenoxy) is 1. The van der Waals surface area contributed by atoms with Crippen molar-refractivity contribution in [1.29, 1.82) is 0 Å². The van der Waals surface area contributed by atoms with Crippen molar-refractivity contribution in [1.82, 2.24) is 0 Å². The second kappa shape index (κ2) is 10.3. The van der Waals surface area contributed by atoms with Crippen molar-refractivity contribution in [3.05, 3.63) is 120 Å². The van der Waals surface area contributed by atoms with Crippen LogP contribution < -0.4 is 0 Å². The summed E-state index contributed by atoms with van der Waals surface area (Å²) in [5.74, 6) is -4.50. The zero-order valence-electron chi connectivity index (χ0n) is 18.5. The molecule has 0 bridgehead atoms. The lowest BCUT2D eigenvalue weighted by Gasteiger charge is -2.11. The lowest BCUT2D eigenvalue weighted by molar-refractivity contribution is 0.280. The van der Waals surface area contributed by atoms with Gasteiger partial charge in [0.1, 0.15) is 5.76 Å². The molecule has 0 atom stereocenters. The third-order valence-corrected chi connectivity index (χ3v) is 5.42. The van der Waals surface area contributed by atoms with E-state index in [9.17, 15) is 17.6 Å². The summed E-state index contributed by atoms with van der Waals surface area (Å²) in [5, 5.41) is 0. The Balaban J connectivity index is 1.75. The number of allylic oxidation sites excluding steroid dienone is 3. The van der Waals surface area contributed by atoms with Crippen LogP contribution in [-0.2, 0) is 11.2 Å². The van der Waals surface area contributed by atoms with E-state index in [0.29, 0.717) is 17.5 Å². The Hall–Kier alpha value is -3.60. The van der Waals surface area contributed by atoms with Crippen LogP contribution in [-0.4, -0.2) is 7.11 Å². The summed E-state index contributed by atoms with van der Waals surface area (Å²) in [7, 11) is 1.20. The first kappa shape index (κ1) is 24.1. The van der Waals surface area contributed by atoms with E-state index in [0.717, 1.165) is 11.1 Å². The second-order valence-corrected chi connectivity index (χ2v) is 7.71. The number of hydrogen-bond donors (Lipinski definition) is 0. The van der Waals surface area contributed by atoms with E-state index in [1.165, 1.54) is 7.11 Å². The standard InChI is InChI=1S/C28H24F4O/c1-17-5-11-21(12-6-17)23-15-16-24(28(32)27(23)31)22-13-9-20(10-14-22)8-7-18(2)25(29)26(30)19(3)33-4/h5-6,9-16H,2-3,7-8H2,1,4H3/b26-25-. The van der Waals surface area contributed by atoms with Crippen LogP contribution in [0.5, 0.6) is 0 Å². The van der Waals surface area contributed by atoms with E-state index in [2.05, 4.69) is 17.9 Å². The van der Waals surface area contributed by atoms with Gasteiger partial charge in [0, 0.05) is 11.1 Å². The van der Waals surface area contributed by atoms with Crippen molar-refractivity contribution >= 4 is 0 Å². The number of methoxy groups -OCH3 is 1. The number of rotatable bonds is 8. The molecule has 0 N–H and O–H groups in total. The first-order valence-electron chi connectivity index (χ1n) is 10.3. The number of hydrogen-bond acceptors (Lipinski definition) is 1. The van der Waals surface area contributed by atoms with Crippen molar-refractivity contribution in [2.75, 3.05) is 7.11 Å². The predicted octanol–water partition coefficient (Wildman–Crippen LogP) is 8.41. The van der Waals surface area contributed by atoms with Crippen LogP contribution in [0.2, 0.25) is 0 Å². The maximum atomic E-state index is 14.8. The molecule has 0 aliphatic carbocycles. The molecular weight excluding hydrogens is 428 g/mol. The fraction of sp³-hybridized carbons (Fsp3) is 0.143. The minimum Gasteiger partial charge on any atom is -0.494 e. The van der Waals surface area contributed by atoms with Gasteiger partial charge in [-0.2, -0.15) is 4.39 Å². The molecule has 0 aromatic heterocycles. The average molecular weight is 452 g/mol. The zero-order valence-corrected chi connectivity index (χ0v) is 18.5. The Morgan fingerprint density at radius 1 is 0.758 bits per heavy atom. The summed E-state index contributed by atoms with van der Waals surface area (Å²) < 4.78 is 62.1. The van der Waals surface area contributed by atoms with Gasteiger partial charge in [-0.05, 0) is 42.0 Å². The summed E-state index contributed by atoms with van der Waals surface area (Å²) >= 11 is 0. The molecule has 33 heavy (non-hydrogen) atoms. The molecule has 0 saturated heterocycles. The highest BCUT2D eigenvalue weighted by Crippen LogP contribution is 2.32. The van der Waals surface area contributed by atoms with Crippen LogP contribution >= 0.6 is 0 Å². The van der Waals surface area contributed by atoms with Gasteiger partial charge in [0.15, 0.2) is 23.3 Å². The fourth-order valence-electron chi connectivity index (χ4n) is 3.35. The average Bonchev–Trinajstić information content (AvgIpc) is 2.83. The van der Waals surface area contributed by atoms with Gasteiger partial charge in [-0.1, -0.05) is 79.4 Å². The zero-order chi connectivity index (χ0) is 24.1. The van der Waals surface area contributed by atoms with Crippen molar-refractivity contribution in [2.24, 2.45) is 0 Å². The molecule has 0 amide bonds. The van der Waals surface area contributed by atoms with Gasteiger partial charge in [-0.15, -0.1) is 0 Å². The highest BCUT2D eigenvalue weighted by molar-refractivity contribution is 5.72. The Morgan fingerprint density at radius 3 is 1.73 bits per heavy atom. The normalized spacial score (nSPS) is 11.7. The minimum absolute atomic E-state index is 0.0189. The van der Waals surface area contributed by atoms with E-state index < -0.39 is 29.0 Å². The summed E-state index contributed by atoms with van der Waals surface area (Å²) in [6.45, 7) is 8.77. The van der Waals surface area contributed by atoms with Crippen molar-refractivity contribution in [2.45, 2.75) is 19.8 Å². The topological polar surface area (TPSA) is 9.23 Å². The Labute approximate surface area is 191 Å². The maximum Gasteiger partial charge on any atom is 0.200 e. The van der Waals surface area contributed by atoms with E-state index in [1.807, 2.05) is 19.1 Å². The number of halogens is 4. The van der Waals surface area contributed by atoms with E-state index in [1.54, 1.807) is 48.5 Å². The lowest BCUT2D eigenvalue weighted by Crippen LogP contribution is -1.95. The highest BCUT2D eigenvalue weighted by Gasteiger charge is 2.17. The SMILES string of the molecule is C=C(CCc1ccc(-c2ccc(-c3ccc(C)cc3)c(F)c2F)cc1)/C(F)=C(/F)C(=C)OC. The van der Waals surface area contributed by atoms with Crippen LogP contribution in [0, 0.1) is 18.6 Å². The maximum absolute atomic E-state index is 14.8. The molecule has 3 aromatic carbocycles. The molecule has 0 spiro atoms. The molecular formula is C28H24F4O. The third kappa shape index (κ3) is 5.43. The second-order valence-electron chi connectivity index (χ2n) is 7.71. The minimum atomic E-state index is -1.18. The van der Waals surface area contributed by atoms with Crippen LogP contribution in [0.4, 0.5) is 17.6 Å². The quantitative estimate of drug-likeness (QED) is 0.189. The van der Waals surface area contributed by atoms with E-state index in [4.69, 9.17) is 0 Å². The summed E-state index contributed by atoms with van der Waals surface area (Å²) in [5.41, 5.74) is 3.29. The van der Waals surface area contributed by atoms with Crippen molar-refractivity contribution < 1.29 is 22.3 Å². The molecule has 0 unspecified atom stereocenters. The molecule has 0 aliphatic heterocycles. The van der Waals surface area contributed by atoms with Gasteiger partial charge in [0.25, 0.3) is 0 Å². The van der Waals surface area contributed by atoms with Crippen LogP contribution in [0.25, 0.3) is 22.3 Å². The van der Waals surface area contributed by atoms with Gasteiger partial charge in [-0.3, -0.25) is 0 Å². The molecule has 0 fully saturated rings. The van der Waals surface area contributed by atoms with Crippen LogP contribution in [0.1, 0.15) is 17.5 Å². The first-order valence-corrected chi connectivity index (χ1v) is 10.3. The number of benzene rings is 3. The monoisotopic (exact) mass is 452 g/mol. The smallest absolute Gasteiger partial charge is 0.200 e. The summed E-state index contributed by atoms with van der Waals surface area (Å²) in [6, 6.07) is 17.1.